The first-order valence-corrected chi connectivity index (χ1v) is 9.63. The van der Waals surface area contributed by atoms with Crippen LogP contribution in [-0.2, 0) is 17.6 Å². The first-order valence-electron chi connectivity index (χ1n) is 9.63. The molecule has 2 aromatic rings. The molecule has 1 aromatic carbocycles. The fourth-order valence-corrected chi connectivity index (χ4v) is 4.17. The Balaban J connectivity index is 1.79. The third-order valence-electron chi connectivity index (χ3n) is 5.72. The molecule has 144 valence electrons. The minimum Gasteiger partial charge on any atom is -0.465 e. The first kappa shape index (κ1) is 18.5. The van der Waals surface area contributed by atoms with E-state index in [1.807, 2.05) is 25.1 Å². The standard InChI is InChI=1S/C24H25NO3/c1-14-11-17(12-15-5-7-16(8-6-15)23(27)28-4)21-20(22(14)26)18-13-24(2,3)10-9-19(18)25-21/h5-9,11,25H,10,12-13H2,1-4H3. The monoisotopic (exact) mass is 375 g/mol. The molecule has 2 aliphatic rings. The maximum atomic E-state index is 12.9. The van der Waals surface area contributed by atoms with E-state index >= 15 is 0 Å². The van der Waals surface area contributed by atoms with Crippen LogP contribution in [0.15, 0.2) is 35.9 Å². The Hall–Kier alpha value is -2.88. The molecule has 0 saturated carbocycles. The summed E-state index contributed by atoms with van der Waals surface area (Å²) in [6, 6.07) is 7.44. The van der Waals surface area contributed by atoms with E-state index in [9.17, 15) is 9.59 Å². The van der Waals surface area contributed by atoms with Crippen LogP contribution in [0.2, 0.25) is 0 Å². The number of nitrogens with one attached hydrogen (secondary N) is 1. The zero-order chi connectivity index (χ0) is 20.1. The second-order valence-corrected chi connectivity index (χ2v) is 8.56. The minimum atomic E-state index is -0.337. The van der Waals surface area contributed by atoms with Crippen molar-refractivity contribution in [1.29, 1.82) is 0 Å². The van der Waals surface area contributed by atoms with E-state index in [0.29, 0.717) is 12.0 Å². The molecule has 4 nitrogen and oxygen atoms in total. The summed E-state index contributed by atoms with van der Waals surface area (Å²) in [5, 5.41) is 2.05. The number of rotatable bonds is 3. The van der Waals surface area contributed by atoms with Crippen LogP contribution in [0.1, 0.15) is 59.0 Å². The Morgan fingerprint density at radius 2 is 1.93 bits per heavy atom. The van der Waals surface area contributed by atoms with Crippen molar-refractivity contribution in [3.05, 3.63) is 68.9 Å². The van der Waals surface area contributed by atoms with Crippen molar-refractivity contribution < 1.29 is 14.3 Å². The molecular formula is C24H25NO3. The lowest BCUT2D eigenvalue weighted by Gasteiger charge is -2.26. The van der Waals surface area contributed by atoms with Crippen molar-refractivity contribution in [2.75, 3.05) is 7.11 Å². The van der Waals surface area contributed by atoms with E-state index < -0.39 is 0 Å². The molecule has 0 spiro atoms. The van der Waals surface area contributed by atoms with Gasteiger partial charge in [0, 0.05) is 5.35 Å². The molecule has 0 amide bonds. The van der Waals surface area contributed by atoms with Crippen molar-refractivity contribution in [3.63, 3.8) is 0 Å². The number of benzene rings is 1. The molecule has 4 rings (SSSR count). The van der Waals surface area contributed by atoms with Gasteiger partial charge < -0.3 is 9.72 Å². The Morgan fingerprint density at radius 1 is 1.21 bits per heavy atom. The van der Waals surface area contributed by atoms with Gasteiger partial charge in [0.2, 0.25) is 0 Å². The minimum absolute atomic E-state index is 0.128. The van der Waals surface area contributed by atoms with Gasteiger partial charge in [-0.05, 0) is 72.1 Å². The fourth-order valence-electron chi connectivity index (χ4n) is 4.17. The van der Waals surface area contributed by atoms with E-state index in [2.05, 4.69) is 24.9 Å². The Bertz CT molecular complexity index is 1130. The second kappa shape index (κ2) is 6.62. The summed E-state index contributed by atoms with van der Waals surface area (Å²) in [4.78, 5) is 28.1. The number of esters is 1. The molecule has 1 aromatic heterocycles. The smallest absolute Gasteiger partial charge is 0.337 e. The molecule has 0 bridgehead atoms. The molecule has 0 unspecified atom stereocenters. The van der Waals surface area contributed by atoms with Crippen LogP contribution in [0.5, 0.6) is 0 Å². The third kappa shape index (κ3) is 3.13. The van der Waals surface area contributed by atoms with Gasteiger partial charge in [-0.2, -0.15) is 0 Å². The second-order valence-electron chi connectivity index (χ2n) is 8.56. The first-order chi connectivity index (χ1) is 13.3. The number of hydrogen-bond donors (Lipinski definition) is 1. The number of ketones is 1. The highest BCUT2D eigenvalue weighted by Gasteiger charge is 2.30. The molecule has 2 aliphatic carbocycles. The van der Waals surface area contributed by atoms with Gasteiger partial charge in [-0.3, -0.25) is 4.79 Å². The number of aromatic nitrogens is 1. The number of allylic oxidation sites excluding steroid dienone is 2. The fraction of sp³-hybridized carbons (Fsp3) is 0.333. The summed E-state index contributed by atoms with van der Waals surface area (Å²) in [6.07, 6.45) is 6.82. The molecule has 0 atom stereocenters. The van der Waals surface area contributed by atoms with Crippen molar-refractivity contribution in [3.8, 4) is 0 Å². The van der Waals surface area contributed by atoms with Crippen LogP contribution in [0, 0.1) is 5.41 Å². The van der Waals surface area contributed by atoms with Gasteiger partial charge >= 0.3 is 5.97 Å². The van der Waals surface area contributed by atoms with Gasteiger partial charge in [0.25, 0.3) is 0 Å². The van der Waals surface area contributed by atoms with Crippen molar-refractivity contribution >= 4 is 23.4 Å². The summed E-state index contributed by atoms with van der Waals surface area (Å²) in [6.45, 7) is 6.38. The molecule has 1 N–H and O–H groups in total. The number of carbonyl (C=O) groups excluding carboxylic acids is 2. The summed E-state index contributed by atoms with van der Waals surface area (Å²) in [5.74, 6) is -0.209. The molecule has 1 heterocycles. The number of ether oxygens (including phenoxy) is 1. The number of methoxy groups -OCH3 is 1. The van der Waals surface area contributed by atoms with Crippen LogP contribution in [0.3, 0.4) is 0 Å². The number of hydrogen-bond acceptors (Lipinski definition) is 3. The lowest BCUT2D eigenvalue weighted by atomic mass is 9.77. The van der Waals surface area contributed by atoms with E-state index in [0.717, 1.165) is 51.4 Å². The lowest BCUT2D eigenvalue weighted by Crippen LogP contribution is -2.27. The normalized spacial score (nSPS) is 17.4. The van der Waals surface area contributed by atoms with Gasteiger partial charge in [-0.25, -0.2) is 4.79 Å². The van der Waals surface area contributed by atoms with Crippen LogP contribution in [-0.4, -0.2) is 23.8 Å². The lowest BCUT2D eigenvalue weighted by molar-refractivity contribution is 0.0600. The van der Waals surface area contributed by atoms with E-state index in [4.69, 9.17) is 4.74 Å². The molecule has 0 radical (unpaired) electrons. The van der Waals surface area contributed by atoms with Crippen LogP contribution in [0.4, 0.5) is 0 Å². The summed E-state index contributed by atoms with van der Waals surface area (Å²) >= 11 is 0. The Labute approximate surface area is 164 Å². The predicted molar refractivity (Wildman–Crippen MR) is 110 cm³/mol. The highest BCUT2D eigenvalue weighted by molar-refractivity contribution is 6.12. The van der Waals surface area contributed by atoms with Crippen molar-refractivity contribution in [1.82, 2.24) is 4.98 Å². The van der Waals surface area contributed by atoms with Gasteiger partial charge in [0.15, 0.2) is 5.78 Å². The topological polar surface area (TPSA) is 59.2 Å². The number of Topliss-reactive ketones (excluding diaryl/α,β-unsaturated/α-hetero) is 1. The van der Waals surface area contributed by atoms with Crippen LogP contribution < -0.4 is 10.7 Å². The van der Waals surface area contributed by atoms with Gasteiger partial charge in [-0.1, -0.05) is 32.1 Å². The number of aromatic amines is 1. The van der Waals surface area contributed by atoms with E-state index in [1.54, 1.807) is 12.1 Å². The summed E-state index contributed by atoms with van der Waals surface area (Å²) in [5.41, 5.74) is 5.68. The molecule has 0 aliphatic heterocycles. The average Bonchev–Trinajstić information content (AvgIpc) is 3.04. The molecular weight excluding hydrogens is 350 g/mol. The van der Waals surface area contributed by atoms with Gasteiger partial charge in [0.05, 0.1) is 23.6 Å². The molecule has 0 saturated heterocycles. The quantitative estimate of drug-likeness (QED) is 0.839. The highest BCUT2D eigenvalue weighted by Crippen LogP contribution is 2.30. The maximum absolute atomic E-state index is 12.9. The largest absolute Gasteiger partial charge is 0.465 e. The molecule has 0 fully saturated rings. The predicted octanol–water partition coefficient (Wildman–Crippen LogP) is 3.09. The van der Waals surface area contributed by atoms with E-state index in [-0.39, 0.29) is 17.2 Å². The zero-order valence-electron chi connectivity index (χ0n) is 16.8. The van der Waals surface area contributed by atoms with Gasteiger partial charge in [-0.15, -0.1) is 0 Å². The average molecular weight is 375 g/mol. The number of carbonyl (C=O) groups is 2. The van der Waals surface area contributed by atoms with E-state index in [1.165, 1.54) is 7.11 Å². The van der Waals surface area contributed by atoms with Crippen LogP contribution in [0.25, 0.3) is 11.6 Å². The van der Waals surface area contributed by atoms with Crippen molar-refractivity contribution in [2.45, 2.75) is 40.0 Å². The summed E-state index contributed by atoms with van der Waals surface area (Å²) in [7, 11) is 1.38. The van der Waals surface area contributed by atoms with Crippen molar-refractivity contribution in [2.24, 2.45) is 5.41 Å². The SMILES string of the molecule is COC(=O)c1ccc(CC2=c3[nH]c4c(c3C(=O)C(C)=C2)CC(C)(C)CC=4)cc1. The highest BCUT2D eigenvalue weighted by atomic mass is 16.5. The number of fused-ring (bicyclic) bond motifs is 3. The third-order valence-corrected chi connectivity index (χ3v) is 5.72. The number of H-pyrrole nitrogens is 1. The summed E-state index contributed by atoms with van der Waals surface area (Å²) < 4.78 is 4.76. The maximum Gasteiger partial charge on any atom is 0.337 e. The Kier molecular flexibility index (Phi) is 4.37. The molecule has 4 heteroatoms. The van der Waals surface area contributed by atoms with Crippen LogP contribution >= 0.6 is 0 Å². The van der Waals surface area contributed by atoms with Gasteiger partial charge in [0.1, 0.15) is 0 Å². The Morgan fingerprint density at radius 3 is 2.61 bits per heavy atom. The molecule has 28 heavy (non-hydrogen) atoms. The zero-order valence-corrected chi connectivity index (χ0v) is 16.8.